The topological polar surface area (TPSA) is 48.4 Å². The van der Waals surface area contributed by atoms with E-state index in [9.17, 15) is 4.79 Å². The van der Waals surface area contributed by atoms with Crippen LogP contribution in [0.4, 0.5) is 0 Å². The molecule has 1 atom stereocenters. The SMILES string of the molecule is COC(=O)c1ccc(CSCC2CCCO2)nc1. The molecule has 18 heavy (non-hydrogen) atoms. The normalized spacial score (nSPS) is 18.8. The van der Waals surface area contributed by atoms with Gasteiger partial charge in [0.15, 0.2) is 0 Å². The highest BCUT2D eigenvalue weighted by Crippen LogP contribution is 2.19. The number of hydrogen-bond acceptors (Lipinski definition) is 5. The van der Waals surface area contributed by atoms with Crippen molar-refractivity contribution < 1.29 is 14.3 Å². The molecule has 0 aromatic carbocycles. The van der Waals surface area contributed by atoms with Gasteiger partial charge in [-0.2, -0.15) is 11.8 Å². The van der Waals surface area contributed by atoms with Gasteiger partial charge in [0.05, 0.1) is 24.5 Å². The van der Waals surface area contributed by atoms with Crippen molar-refractivity contribution in [3.05, 3.63) is 29.6 Å². The predicted molar refractivity (Wildman–Crippen MR) is 70.7 cm³/mol. The molecule has 1 aliphatic rings. The second-order valence-corrected chi connectivity index (χ2v) is 5.21. The molecular formula is C13H17NO3S. The van der Waals surface area contributed by atoms with Crippen molar-refractivity contribution in [1.29, 1.82) is 0 Å². The fourth-order valence-corrected chi connectivity index (χ4v) is 2.84. The molecule has 2 rings (SSSR count). The minimum absolute atomic E-state index is 0.346. The molecule has 1 aliphatic heterocycles. The quantitative estimate of drug-likeness (QED) is 0.766. The van der Waals surface area contributed by atoms with Crippen molar-refractivity contribution in [2.75, 3.05) is 19.5 Å². The number of carbonyl (C=O) groups excluding carboxylic acids is 1. The smallest absolute Gasteiger partial charge is 0.339 e. The van der Waals surface area contributed by atoms with E-state index in [2.05, 4.69) is 9.72 Å². The molecule has 98 valence electrons. The molecule has 0 aliphatic carbocycles. The number of nitrogens with zero attached hydrogens (tertiary/aromatic N) is 1. The molecule has 1 aromatic heterocycles. The maximum Gasteiger partial charge on any atom is 0.339 e. The van der Waals surface area contributed by atoms with Gasteiger partial charge in [0.2, 0.25) is 0 Å². The fourth-order valence-electron chi connectivity index (χ4n) is 1.82. The van der Waals surface area contributed by atoms with Crippen molar-refractivity contribution >= 4 is 17.7 Å². The summed E-state index contributed by atoms with van der Waals surface area (Å²) in [6.45, 7) is 0.900. The highest BCUT2D eigenvalue weighted by atomic mass is 32.2. The van der Waals surface area contributed by atoms with E-state index < -0.39 is 0 Å². The van der Waals surface area contributed by atoms with Crippen LogP contribution in [0.3, 0.4) is 0 Å². The van der Waals surface area contributed by atoms with Gasteiger partial charge in [-0.15, -0.1) is 0 Å². The molecule has 2 heterocycles. The number of pyridine rings is 1. The summed E-state index contributed by atoms with van der Waals surface area (Å²) < 4.78 is 10.2. The molecule has 0 amide bonds. The van der Waals surface area contributed by atoms with E-state index >= 15 is 0 Å². The zero-order valence-corrected chi connectivity index (χ0v) is 11.2. The molecule has 0 saturated carbocycles. The number of methoxy groups -OCH3 is 1. The number of ether oxygens (including phenoxy) is 2. The zero-order valence-electron chi connectivity index (χ0n) is 10.4. The van der Waals surface area contributed by atoms with Gasteiger partial charge in [0.1, 0.15) is 0 Å². The van der Waals surface area contributed by atoms with Gasteiger partial charge in [0, 0.05) is 24.3 Å². The fraction of sp³-hybridized carbons (Fsp3) is 0.538. The van der Waals surface area contributed by atoms with Crippen molar-refractivity contribution in [2.24, 2.45) is 0 Å². The Kier molecular flexibility index (Phi) is 5.01. The first-order valence-corrected chi connectivity index (χ1v) is 7.17. The molecule has 1 unspecified atom stereocenters. The number of hydrogen-bond donors (Lipinski definition) is 0. The summed E-state index contributed by atoms with van der Waals surface area (Å²) in [4.78, 5) is 15.5. The third-order valence-electron chi connectivity index (χ3n) is 2.82. The second kappa shape index (κ2) is 6.75. The Morgan fingerprint density at radius 3 is 3.11 bits per heavy atom. The van der Waals surface area contributed by atoms with Crippen LogP contribution in [-0.4, -0.2) is 36.5 Å². The molecule has 0 bridgehead atoms. The Labute approximate surface area is 111 Å². The van der Waals surface area contributed by atoms with E-state index in [0.717, 1.165) is 23.8 Å². The summed E-state index contributed by atoms with van der Waals surface area (Å²) in [6, 6.07) is 3.62. The minimum atomic E-state index is -0.346. The maximum atomic E-state index is 11.2. The molecule has 5 heteroatoms. The van der Waals surface area contributed by atoms with Crippen LogP contribution in [0, 0.1) is 0 Å². The maximum absolute atomic E-state index is 11.2. The van der Waals surface area contributed by atoms with Crippen LogP contribution in [0.5, 0.6) is 0 Å². The summed E-state index contributed by atoms with van der Waals surface area (Å²) in [7, 11) is 1.37. The molecule has 0 spiro atoms. The minimum Gasteiger partial charge on any atom is -0.465 e. The van der Waals surface area contributed by atoms with E-state index in [0.29, 0.717) is 11.7 Å². The van der Waals surface area contributed by atoms with Gasteiger partial charge in [-0.3, -0.25) is 4.98 Å². The van der Waals surface area contributed by atoms with Crippen LogP contribution in [0.15, 0.2) is 18.3 Å². The molecule has 4 nitrogen and oxygen atoms in total. The van der Waals surface area contributed by atoms with Crippen LogP contribution in [-0.2, 0) is 15.2 Å². The lowest BCUT2D eigenvalue weighted by Gasteiger charge is -2.08. The zero-order chi connectivity index (χ0) is 12.8. The average Bonchev–Trinajstić information content (AvgIpc) is 2.92. The average molecular weight is 267 g/mol. The monoisotopic (exact) mass is 267 g/mol. The standard InChI is InChI=1S/C13H17NO3S/c1-16-13(15)10-4-5-11(14-7-10)8-18-9-12-3-2-6-17-12/h4-5,7,12H,2-3,6,8-9H2,1H3. The number of esters is 1. The van der Waals surface area contributed by atoms with Gasteiger partial charge in [-0.05, 0) is 25.0 Å². The molecule has 1 aromatic rings. The molecule has 1 fully saturated rings. The van der Waals surface area contributed by atoms with Crippen LogP contribution < -0.4 is 0 Å². The van der Waals surface area contributed by atoms with Crippen LogP contribution in [0.25, 0.3) is 0 Å². The lowest BCUT2D eigenvalue weighted by molar-refractivity contribution is 0.0600. The first-order valence-electron chi connectivity index (χ1n) is 6.02. The Hall–Kier alpha value is -1.07. The van der Waals surface area contributed by atoms with Crippen LogP contribution in [0.1, 0.15) is 28.9 Å². The summed E-state index contributed by atoms with van der Waals surface area (Å²) in [5.41, 5.74) is 1.47. The highest BCUT2D eigenvalue weighted by Gasteiger charge is 2.15. The summed E-state index contributed by atoms with van der Waals surface area (Å²) in [5, 5.41) is 0. The Morgan fingerprint density at radius 2 is 2.50 bits per heavy atom. The number of carbonyl (C=O) groups is 1. The van der Waals surface area contributed by atoms with Gasteiger partial charge >= 0.3 is 5.97 Å². The van der Waals surface area contributed by atoms with Crippen molar-refractivity contribution in [2.45, 2.75) is 24.7 Å². The molecule has 1 saturated heterocycles. The number of thioether (sulfide) groups is 1. The van der Waals surface area contributed by atoms with Crippen molar-refractivity contribution in [3.63, 3.8) is 0 Å². The van der Waals surface area contributed by atoms with Gasteiger partial charge in [-0.1, -0.05) is 0 Å². The molecular weight excluding hydrogens is 250 g/mol. The van der Waals surface area contributed by atoms with Crippen LogP contribution >= 0.6 is 11.8 Å². The van der Waals surface area contributed by atoms with Crippen LogP contribution in [0.2, 0.25) is 0 Å². The van der Waals surface area contributed by atoms with E-state index in [1.807, 2.05) is 17.8 Å². The molecule has 0 radical (unpaired) electrons. The molecule has 0 N–H and O–H groups in total. The lowest BCUT2D eigenvalue weighted by Crippen LogP contribution is -2.08. The van der Waals surface area contributed by atoms with Gasteiger partial charge in [0.25, 0.3) is 0 Å². The first-order chi connectivity index (χ1) is 8.79. The van der Waals surface area contributed by atoms with E-state index in [1.54, 1.807) is 12.3 Å². The van der Waals surface area contributed by atoms with Gasteiger partial charge in [-0.25, -0.2) is 4.79 Å². The van der Waals surface area contributed by atoms with Crippen molar-refractivity contribution in [1.82, 2.24) is 4.98 Å². The van der Waals surface area contributed by atoms with Crippen molar-refractivity contribution in [3.8, 4) is 0 Å². The number of rotatable bonds is 5. The van der Waals surface area contributed by atoms with E-state index in [1.165, 1.54) is 20.0 Å². The third kappa shape index (κ3) is 3.71. The first kappa shape index (κ1) is 13.4. The van der Waals surface area contributed by atoms with E-state index in [-0.39, 0.29) is 5.97 Å². The number of aromatic nitrogens is 1. The largest absolute Gasteiger partial charge is 0.465 e. The Bertz CT molecular complexity index is 388. The predicted octanol–water partition coefficient (Wildman–Crippen LogP) is 2.28. The summed E-state index contributed by atoms with van der Waals surface area (Å²) in [6.07, 6.45) is 4.32. The summed E-state index contributed by atoms with van der Waals surface area (Å²) >= 11 is 1.82. The Morgan fingerprint density at radius 1 is 1.61 bits per heavy atom. The Balaban J connectivity index is 1.77. The summed E-state index contributed by atoms with van der Waals surface area (Å²) in [5.74, 6) is 1.52. The van der Waals surface area contributed by atoms with Gasteiger partial charge < -0.3 is 9.47 Å². The third-order valence-corrected chi connectivity index (χ3v) is 3.93. The second-order valence-electron chi connectivity index (χ2n) is 4.18. The highest BCUT2D eigenvalue weighted by molar-refractivity contribution is 7.98. The van der Waals surface area contributed by atoms with E-state index in [4.69, 9.17) is 4.74 Å². The lowest BCUT2D eigenvalue weighted by atomic mass is 10.2.